The van der Waals surface area contributed by atoms with Crippen molar-refractivity contribution in [2.75, 3.05) is 26.2 Å². The number of hydrogen-bond acceptors (Lipinski definition) is 4. The minimum atomic E-state index is -1.24. The highest BCUT2D eigenvalue weighted by molar-refractivity contribution is 5.86. The number of aromatic nitrogens is 2. The lowest BCUT2D eigenvalue weighted by Gasteiger charge is -2.39. The molecule has 0 radical (unpaired) electrons. The average molecular weight is 377 g/mol. The van der Waals surface area contributed by atoms with Crippen molar-refractivity contribution in [1.82, 2.24) is 20.4 Å². The van der Waals surface area contributed by atoms with Gasteiger partial charge in [0.05, 0.1) is 5.69 Å². The predicted octanol–water partition coefficient (Wildman–Crippen LogP) is 2.48. The summed E-state index contributed by atoms with van der Waals surface area (Å²) in [5.41, 5.74) is 2.09. The Morgan fingerprint density at radius 1 is 1.26 bits per heavy atom. The van der Waals surface area contributed by atoms with Gasteiger partial charge in [-0.15, -0.1) is 0 Å². The van der Waals surface area contributed by atoms with E-state index in [0.717, 1.165) is 56.2 Å². The van der Waals surface area contributed by atoms with Crippen LogP contribution in [0.3, 0.4) is 0 Å². The summed E-state index contributed by atoms with van der Waals surface area (Å²) in [7, 11) is 0. The number of aryl methyl sites for hydroxylation is 2. The zero-order valence-corrected chi connectivity index (χ0v) is 17.0. The van der Waals surface area contributed by atoms with Crippen molar-refractivity contribution in [2.45, 2.75) is 77.2 Å². The van der Waals surface area contributed by atoms with Gasteiger partial charge in [0, 0.05) is 25.3 Å². The fourth-order valence-electron chi connectivity index (χ4n) is 4.71. The Balaban J connectivity index is 1.45. The Morgan fingerprint density at radius 3 is 2.74 bits per heavy atom. The van der Waals surface area contributed by atoms with Crippen LogP contribution in [0.25, 0.3) is 0 Å². The maximum Gasteiger partial charge on any atom is 0.255 e. The van der Waals surface area contributed by atoms with Gasteiger partial charge in [0.15, 0.2) is 5.60 Å². The first-order valence-corrected chi connectivity index (χ1v) is 10.7. The summed E-state index contributed by atoms with van der Waals surface area (Å²) in [4.78, 5) is 14.8. The molecule has 1 aromatic heterocycles. The zero-order valence-electron chi connectivity index (χ0n) is 17.0. The van der Waals surface area contributed by atoms with E-state index in [-0.39, 0.29) is 5.91 Å². The molecule has 6 heteroatoms. The van der Waals surface area contributed by atoms with Crippen LogP contribution in [0, 0.1) is 19.8 Å². The Morgan fingerprint density at radius 2 is 2.04 bits per heavy atom. The molecule has 27 heavy (non-hydrogen) atoms. The fourth-order valence-corrected chi connectivity index (χ4v) is 4.71. The molecule has 0 unspecified atom stereocenters. The van der Waals surface area contributed by atoms with Crippen LogP contribution in [0.5, 0.6) is 0 Å². The Hall–Kier alpha value is -1.40. The molecular formula is C21H36N4O2. The van der Waals surface area contributed by atoms with Crippen LogP contribution in [0.15, 0.2) is 0 Å². The minimum Gasteiger partial charge on any atom is -0.379 e. The van der Waals surface area contributed by atoms with Gasteiger partial charge in [-0.3, -0.25) is 9.89 Å². The largest absolute Gasteiger partial charge is 0.379 e. The number of aliphatic hydroxyl groups is 1. The standard InChI is InChI=1S/C21H36N4O2/c1-16-19(17(2)24-23-16)9-12-22-15-21(27)11-6-13-25(20(21)26)14-10-18-7-4-3-5-8-18/h18,22,27H,3-15H2,1-2H3,(H,23,24)/t21-/m0/s1. The fraction of sp³-hybridized carbons (Fsp3) is 0.810. The summed E-state index contributed by atoms with van der Waals surface area (Å²) < 4.78 is 0. The second kappa shape index (κ2) is 9.20. The van der Waals surface area contributed by atoms with Gasteiger partial charge >= 0.3 is 0 Å². The van der Waals surface area contributed by atoms with Gasteiger partial charge in [0.2, 0.25) is 0 Å². The molecule has 1 aliphatic heterocycles. The molecular weight excluding hydrogens is 340 g/mol. The van der Waals surface area contributed by atoms with Gasteiger partial charge in [0.1, 0.15) is 0 Å². The molecule has 1 atom stereocenters. The van der Waals surface area contributed by atoms with Gasteiger partial charge < -0.3 is 15.3 Å². The monoisotopic (exact) mass is 376 g/mol. The number of hydrogen-bond donors (Lipinski definition) is 3. The van der Waals surface area contributed by atoms with Crippen LogP contribution in [0.2, 0.25) is 0 Å². The maximum absolute atomic E-state index is 12.9. The number of nitrogens with zero attached hydrogens (tertiary/aromatic N) is 2. The van der Waals surface area contributed by atoms with E-state index in [1.54, 1.807) is 0 Å². The van der Waals surface area contributed by atoms with Crippen LogP contribution in [0.4, 0.5) is 0 Å². The van der Waals surface area contributed by atoms with E-state index in [0.29, 0.717) is 13.0 Å². The minimum absolute atomic E-state index is 0.0762. The number of carbonyl (C=O) groups is 1. The molecule has 1 amide bonds. The lowest BCUT2D eigenvalue weighted by atomic mass is 9.86. The highest BCUT2D eigenvalue weighted by Crippen LogP contribution is 2.28. The van der Waals surface area contributed by atoms with E-state index in [1.165, 1.54) is 37.7 Å². The van der Waals surface area contributed by atoms with Crippen LogP contribution in [-0.2, 0) is 11.2 Å². The molecule has 3 N–H and O–H groups in total. The predicted molar refractivity (Wildman–Crippen MR) is 107 cm³/mol. The van der Waals surface area contributed by atoms with Crippen molar-refractivity contribution >= 4 is 5.91 Å². The van der Waals surface area contributed by atoms with Crippen molar-refractivity contribution in [1.29, 1.82) is 0 Å². The zero-order chi connectivity index (χ0) is 19.3. The first-order chi connectivity index (χ1) is 13.0. The topological polar surface area (TPSA) is 81.2 Å². The molecule has 1 saturated heterocycles. The highest BCUT2D eigenvalue weighted by atomic mass is 16.3. The van der Waals surface area contributed by atoms with Crippen molar-refractivity contribution in [2.24, 2.45) is 5.92 Å². The van der Waals surface area contributed by atoms with E-state index >= 15 is 0 Å². The van der Waals surface area contributed by atoms with Gasteiger partial charge in [0.25, 0.3) is 5.91 Å². The summed E-state index contributed by atoms with van der Waals surface area (Å²) in [5, 5.41) is 21.5. The Bertz CT molecular complexity index is 604. The van der Waals surface area contributed by atoms with Gasteiger partial charge in [-0.1, -0.05) is 32.1 Å². The number of H-pyrrole nitrogens is 1. The Labute approximate surface area is 163 Å². The number of carbonyl (C=O) groups excluding carboxylic acids is 1. The lowest BCUT2D eigenvalue weighted by molar-refractivity contribution is -0.156. The van der Waals surface area contributed by atoms with Crippen LogP contribution in [-0.4, -0.2) is 57.9 Å². The van der Waals surface area contributed by atoms with E-state index in [9.17, 15) is 9.90 Å². The second-order valence-electron chi connectivity index (χ2n) is 8.56. The number of amides is 1. The number of likely N-dealkylation sites (tertiary alicyclic amines) is 1. The SMILES string of the molecule is Cc1n[nH]c(C)c1CCNC[C@@]1(O)CCCN(CCC2CCCCC2)C1=O. The van der Waals surface area contributed by atoms with E-state index in [2.05, 4.69) is 15.5 Å². The van der Waals surface area contributed by atoms with E-state index < -0.39 is 5.60 Å². The molecule has 1 aliphatic carbocycles. The van der Waals surface area contributed by atoms with Crippen LogP contribution >= 0.6 is 0 Å². The molecule has 1 aromatic rings. The molecule has 2 aliphatic rings. The smallest absolute Gasteiger partial charge is 0.255 e. The van der Waals surface area contributed by atoms with Crippen molar-refractivity contribution < 1.29 is 9.90 Å². The molecule has 3 rings (SSSR count). The molecule has 2 fully saturated rings. The number of aromatic amines is 1. The molecule has 0 aromatic carbocycles. The quantitative estimate of drug-likeness (QED) is 0.609. The number of rotatable bonds is 8. The van der Waals surface area contributed by atoms with Gasteiger partial charge in [-0.25, -0.2) is 0 Å². The first-order valence-electron chi connectivity index (χ1n) is 10.7. The summed E-state index contributed by atoms with van der Waals surface area (Å²) in [6, 6.07) is 0. The molecule has 0 bridgehead atoms. The van der Waals surface area contributed by atoms with Crippen molar-refractivity contribution in [3.63, 3.8) is 0 Å². The highest BCUT2D eigenvalue weighted by Gasteiger charge is 2.41. The van der Waals surface area contributed by atoms with Crippen molar-refractivity contribution in [3.05, 3.63) is 17.0 Å². The number of piperidine rings is 1. The van der Waals surface area contributed by atoms with Gasteiger partial charge in [-0.2, -0.15) is 5.10 Å². The third kappa shape index (κ3) is 5.11. The third-order valence-corrected chi connectivity index (χ3v) is 6.49. The maximum atomic E-state index is 12.9. The normalized spacial score (nSPS) is 24.6. The average Bonchev–Trinajstić information content (AvgIpc) is 2.99. The summed E-state index contributed by atoms with van der Waals surface area (Å²) in [5.74, 6) is 0.689. The molecule has 1 saturated carbocycles. The lowest BCUT2D eigenvalue weighted by Crippen LogP contribution is -2.58. The molecule has 6 nitrogen and oxygen atoms in total. The molecule has 152 valence electrons. The van der Waals surface area contributed by atoms with Gasteiger partial charge in [-0.05, 0) is 57.6 Å². The summed E-state index contributed by atoms with van der Waals surface area (Å²) >= 11 is 0. The Kier molecular flexibility index (Phi) is 6.93. The van der Waals surface area contributed by atoms with Crippen LogP contribution in [0.1, 0.15) is 68.3 Å². The van der Waals surface area contributed by atoms with Crippen LogP contribution < -0.4 is 5.32 Å². The first kappa shape index (κ1) is 20.3. The van der Waals surface area contributed by atoms with E-state index in [4.69, 9.17) is 0 Å². The number of nitrogens with one attached hydrogen (secondary N) is 2. The summed E-state index contributed by atoms with van der Waals surface area (Å²) in [6.45, 7) is 6.69. The summed E-state index contributed by atoms with van der Waals surface area (Å²) in [6.07, 6.45) is 10.0. The van der Waals surface area contributed by atoms with Crippen molar-refractivity contribution in [3.8, 4) is 0 Å². The molecule has 0 spiro atoms. The van der Waals surface area contributed by atoms with E-state index in [1.807, 2.05) is 18.7 Å². The third-order valence-electron chi connectivity index (χ3n) is 6.49. The second-order valence-corrected chi connectivity index (χ2v) is 8.56. The molecule has 2 heterocycles.